The molecule has 1 saturated carbocycles. The number of non-ortho nitro benzene ring substituents is 1. The van der Waals surface area contributed by atoms with E-state index in [0.29, 0.717) is 47.6 Å². The number of sulfonamides is 1. The lowest BCUT2D eigenvalue weighted by molar-refractivity contribution is -0.384. The lowest BCUT2D eigenvalue weighted by atomic mass is 9.86. The molecule has 39 heavy (non-hydrogen) atoms. The standard InChI is InChI=1S/C26H28ClN5O6S/c27-21-5-2-6-23(15-21)31-26(33)25(38-17-19-3-1-4-19)24(16-28-31)29-11-13-30(14-12-29)39(36,37)18-20-7-9-22(10-8-20)32(34)35/h2,5-10,15-16,19H,1,3-4,11-14,17-18H2. The number of nitro benzene ring substituents is 1. The van der Waals surface area contributed by atoms with Gasteiger partial charge >= 0.3 is 5.56 Å². The normalized spacial score (nSPS) is 16.6. The van der Waals surface area contributed by atoms with Gasteiger partial charge in [-0.3, -0.25) is 14.9 Å². The molecule has 1 aliphatic carbocycles. The third-order valence-electron chi connectivity index (χ3n) is 7.12. The predicted molar refractivity (Wildman–Crippen MR) is 147 cm³/mol. The highest BCUT2D eigenvalue weighted by Gasteiger charge is 2.30. The zero-order valence-electron chi connectivity index (χ0n) is 21.1. The minimum Gasteiger partial charge on any atom is -0.486 e. The van der Waals surface area contributed by atoms with E-state index < -0.39 is 20.5 Å². The van der Waals surface area contributed by atoms with Crippen LogP contribution in [0.4, 0.5) is 11.4 Å². The second-order valence-corrected chi connectivity index (χ2v) is 12.1. The highest BCUT2D eigenvalue weighted by molar-refractivity contribution is 7.88. The van der Waals surface area contributed by atoms with Crippen LogP contribution in [-0.2, 0) is 15.8 Å². The molecule has 206 valence electrons. The summed E-state index contributed by atoms with van der Waals surface area (Å²) < 4.78 is 34.9. The Bertz CT molecular complexity index is 1520. The molecule has 0 atom stereocenters. The Balaban J connectivity index is 1.33. The van der Waals surface area contributed by atoms with Gasteiger partial charge in [-0.05, 0) is 42.5 Å². The maximum atomic E-state index is 13.5. The van der Waals surface area contributed by atoms with Gasteiger partial charge in [0.15, 0.2) is 0 Å². The first-order valence-corrected chi connectivity index (χ1v) is 14.7. The van der Waals surface area contributed by atoms with Crippen molar-refractivity contribution >= 4 is 33.0 Å². The summed E-state index contributed by atoms with van der Waals surface area (Å²) in [5.41, 5.74) is 1.04. The van der Waals surface area contributed by atoms with Gasteiger partial charge in [0.05, 0.1) is 29.2 Å². The number of hydrogen-bond donors (Lipinski definition) is 0. The van der Waals surface area contributed by atoms with Crippen LogP contribution in [0.5, 0.6) is 5.75 Å². The van der Waals surface area contributed by atoms with E-state index in [1.54, 1.807) is 30.5 Å². The molecule has 1 saturated heterocycles. The number of nitrogens with zero attached hydrogens (tertiary/aromatic N) is 5. The fraction of sp³-hybridized carbons (Fsp3) is 0.385. The monoisotopic (exact) mass is 573 g/mol. The zero-order valence-corrected chi connectivity index (χ0v) is 22.7. The van der Waals surface area contributed by atoms with Crippen molar-refractivity contribution in [2.24, 2.45) is 5.92 Å². The van der Waals surface area contributed by atoms with E-state index in [0.717, 1.165) is 19.3 Å². The Hall–Kier alpha value is -3.48. The summed E-state index contributed by atoms with van der Waals surface area (Å²) in [6, 6.07) is 12.4. The van der Waals surface area contributed by atoms with Crippen LogP contribution in [0.15, 0.2) is 59.5 Å². The molecule has 0 N–H and O–H groups in total. The number of nitro groups is 1. The number of benzene rings is 2. The predicted octanol–water partition coefficient (Wildman–Crippen LogP) is 3.63. The van der Waals surface area contributed by atoms with E-state index in [9.17, 15) is 23.3 Å². The summed E-state index contributed by atoms with van der Waals surface area (Å²) in [7, 11) is -3.65. The highest BCUT2D eigenvalue weighted by Crippen LogP contribution is 2.30. The van der Waals surface area contributed by atoms with Crippen LogP contribution in [-0.4, -0.2) is 60.2 Å². The molecular formula is C26H28ClN5O6S. The Morgan fingerprint density at radius 3 is 2.41 bits per heavy atom. The molecule has 2 heterocycles. The van der Waals surface area contributed by atoms with E-state index in [-0.39, 0.29) is 30.3 Å². The molecule has 0 amide bonds. The summed E-state index contributed by atoms with van der Waals surface area (Å²) in [6.45, 7) is 1.57. The van der Waals surface area contributed by atoms with Crippen molar-refractivity contribution in [2.45, 2.75) is 25.0 Å². The van der Waals surface area contributed by atoms with Gasteiger partial charge in [0.2, 0.25) is 15.8 Å². The van der Waals surface area contributed by atoms with Crippen LogP contribution >= 0.6 is 11.6 Å². The molecule has 2 aliphatic rings. The zero-order chi connectivity index (χ0) is 27.6. The molecule has 0 spiro atoms. The lowest BCUT2D eigenvalue weighted by Crippen LogP contribution is -2.49. The number of hydrogen-bond acceptors (Lipinski definition) is 8. The molecule has 0 bridgehead atoms. The summed E-state index contributed by atoms with van der Waals surface area (Å²) in [5, 5.41) is 15.7. The Labute approximate surface area is 230 Å². The quantitative estimate of drug-likeness (QED) is 0.280. The lowest BCUT2D eigenvalue weighted by Gasteiger charge is -2.36. The molecule has 1 aromatic heterocycles. The summed E-state index contributed by atoms with van der Waals surface area (Å²) in [6.07, 6.45) is 4.86. The minimum absolute atomic E-state index is 0.0917. The van der Waals surface area contributed by atoms with E-state index in [2.05, 4.69) is 5.10 Å². The fourth-order valence-electron chi connectivity index (χ4n) is 4.67. The van der Waals surface area contributed by atoms with Crippen molar-refractivity contribution in [1.29, 1.82) is 0 Å². The maximum Gasteiger partial charge on any atom is 0.316 e. The first-order chi connectivity index (χ1) is 18.7. The number of halogens is 1. The molecule has 5 rings (SSSR count). The first kappa shape index (κ1) is 27.1. The van der Waals surface area contributed by atoms with E-state index in [4.69, 9.17) is 16.3 Å². The summed E-state index contributed by atoms with van der Waals surface area (Å²) in [4.78, 5) is 25.8. The van der Waals surface area contributed by atoms with Crippen molar-refractivity contribution in [3.63, 3.8) is 0 Å². The third kappa shape index (κ3) is 6.07. The van der Waals surface area contributed by atoms with E-state index in [1.165, 1.54) is 33.3 Å². The number of piperazine rings is 1. The summed E-state index contributed by atoms with van der Waals surface area (Å²) in [5.74, 6) is 0.350. The van der Waals surface area contributed by atoms with Crippen LogP contribution in [0, 0.1) is 16.0 Å². The van der Waals surface area contributed by atoms with E-state index >= 15 is 0 Å². The Morgan fingerprint density at radius 1 is 1.08 bits per heavy atom. The Kier molecular flexibility index (Phi) is 7.87. The second kappa shape index (κ2) is 11.3. The van der Waals surface area contributed by atoms with Gasteiger partial charge in [0.25, 0.3) is 5.69 Å². The van der Waals surface area contributed by atoms with Gasteiger partial charge in [0, 0.05) is 43.3 Å². The molecule has 11 nitrogen and oxygen atoms in total. The Morgan fingerprint density at radius 2 is 1.79 bits per heavy atom. The largest absolute Gasteiger partial charge is 0.486 e. The second-order valence-electron chi connectivity index (χ2n) is 9.73. The SMILES string of the molecule is O=c1c(OCC2CCC2)c(N2CCN(S(=O)(=O)Cc3ccc([N+](=O)[O-])cc3)CC2)cnn1-c1cccc(Cl)c1. The molecule has 1 aliphatic heterocycles. The average molecular weight is 574 g/mol. The van der Waals surface area contributed by atoms with Crippen LogP contribution in [0.1, 0.15) is 24.8 Å². The molecule has 3 aromatic rings. The van der Waals surface area contributed by atoms with Crippen LogP contribution in [0.3, 0.4) is 0 Å². The van der Waals surface area contributed by atoms with Crippen LogP contribution in [0.25, 0.3) is 5.69 Å². The van der Waals surface area contributed by atoms with Crippen LogP contribution in [0.2, 0.25) is 5.02 Å². The first-order valence-electron chi connectivity index (χ1n) is 12.7. The van der Waals surface area contributed by atoms with Gasteiger partial charge in [-0.15, -0.1) is 0 Å². The summed E-state index contributed by atoms with van der Waals surface area (Å²) >= 11 is 6.13. The highest BCUT2D eigenvalue weighted by atomic mass is 35.5. The van der Waals surface area contributed by atoms with Gasteiger partial charge in [-0.2, -0.15) is 14.1 Å². The molecule has 0 unspecified atom stereocenters. The number of rotatable bonds is 9. The van der Waals surface area contributed by atoms with Crippen molar-refractivity contribution < 1.29 is 18.1 Å². The smallest absolute Gasteiger partial charge is 0.316 e. The van der Waals surface area contributed by atoms with Crippen LogP contribution < -0.4 is 15.2 Å². The molecular weight excluding hydrogens is 546 g/mol. The van der Waals surface area contributed by atoms with Gasteiger partial charge in [0.1, 0.15) is 5.69 Å². The topological polar surface area (TPSA) is 128 Å². The maximum absolute atomic E-state index is 13.5. The molecule has 0 radical (unpaired) electrons. The molecule has 2 fully saturated rings. The number of anilines is 1. The van der Waals surface area contributed by atoms with Crippen molar-refractivity contribution in [3.8, 4) is 11.4 Å². The van der Waals surface area contributed by atoms with Crippen molar-refractivity contribution in [1.82, 2.24) is 14.1 Å². The average Bonchev–Trinajstić information content (AvgIpc) is 2.88. The fourth-order valence-corrected chi connectivity index (χ4v) is 6.37. The van der Waals surface area contributed by atoms with Crippen molar-refractivity contribution in [2.75, 3.05) is 37.7 Å². The van der Waals surface area contributed by atoms with Gasteiger partial charge < -0.3 is 9.64 Å². The van der Waals surface area contributed by atoms with Gasteiger partial charge in [-0.25, -0.2) is 8.42 Å². The molecule has 2 aromatic carbocycles. The van der Waals surface area contributed by atoms with Crippen molar-refractivity contribution in [3.05, 3.63) is 85.8 Å². The van der Waals surface area contributed by atoms with Gasteiger partial charge in [-0.1, -0.05) is 36.2 Å². The third-order valence-corrected chi connectivity index (χ3v) is 9.21. The van der Waals surface area contributed by atoms with E-state index in [1.807, 2.05) is 4.90 Å². The molecule has 13 heteroatoms. The minimum atomic E-state index is -3.65. The number of ether oxygens (including phenoxy) is 1. The number of aromatic nitrogens is 2.